The van der Waals surface area contributed by atoms with Crippen molar-refractivity contribution in [3.05, 3.63) is 104 Å². The number of nitrogens with one attached hydrogen (secondary N) is 1. The third-order valence-corrected chi connectivity index (χ3v) is 6.02. The van der Waals surface area contributed by atoms with Gasteiger partial charge in [-0.1, -0.05) is 53.7 Å². The van der Waals surface area contributed by atoms with Gasteiger partial charge in [0, 0.05) is 11.8 Å². The monoisotopic (exact) mass is 478 g/mol. The van der Waals surface area contributed by atoms with E-state index in [2.05, 4.69) is 10.3 Å². The molecule has 34 heavy (non-hydrogen) atoms. The maximum atomic E-state index is 13.5. The highest BCUT2D eigenvalue weighted by Crippen LogP contribution is 2.23. The number of hydrogen-bond acceptors (Lipinski definition) is 6. The first-order valence-electron chi connectivity index (χ1n) is 10.2. The molecule has 1 heterocycles. The molecule has 172 valence electrons. The first-order valence-corrected chi connectivity index (χ1v) is 11.2. The van der Waals surface area contributed by atoms with Gasteiger partial charge in [-0.15, -0.1) is 0 Å². The number of nitrogens with zero attached hydrogens (tertiary/aromatic N) is 3. The second-order valence-electron chi connectivity index (χ2n) is 7.55. The van der Waals surface area contributed by atoms with Gasteiger partial charge in [-0.05, 0) is 36.8 Å². The molecule has 3 aromatic carbocycles. The molecule has 4 rings (SSSR count). The van der Waals surface area contributed by atoms with Crippen LogP contribution in [-0.4, -0.2) is 26.1 Å². The predicted octanol–water partition coefficient (Wildman–Crippen LogP) is 4.53. The topological polar surface area (TPSA) is 107 Å². The minimum absolute atomic E-state index is 0.0993. The zero-order valence-electron chi connectivity index (χ0n) is 18.0. The van der Waals surface area contributed by atoms with E-state index < -0.39 is 22.3 Å². The lowest BCUT2D eigenvalue weighted by molar-refractivity contribution is -0.387. The summed E-state index contributed by atoms with van der Waals surface area (Å²) in [6, 6.07) is 17.9. The van der Waals surface area contributed by atoms with Gasteiger partial charge in [0.1, 0.15) is 0 Å². The van der Waals surface area contributed by atoms with Crippen molar-refractivity contribution in [3.63, 3.8) is 0 Å². The second-order valence-corrected chi connectivity index (χ2v) is 8.49. The van der Waals surface area contributed by atoms with Crippen LogP contribution in [0.1, 0.15) is 11.1 Å². The maximum absolute atomic E-state index is 13.5. The molecule has 1 N–H and O–H groups in total. The highest BCUT2D eigenvalue weighted by atomic mass is 32.2. The highest BCUT2D eigenvalue weighted by Gasteiger charge is 2.17. The van der Waals surface area contributed by atoms with E-state index in [0.717, 1.165) is 35.0 Å². The number of thioether (sulfide) groups is 1. The second kappa shape index (κ2) is 9.84. The Morgan fingerprint density at radius 3 is 2.62 bits per heavy atom. The average Bonchev–Trinajstić information content (AvgIpc) is 2.82. The van der Waals surface area contributed by atoms with E-state index in [1.807, 2.05) is 31.2 Å². The number of halogens is 1. The maximum Gasteiger partial charge on any atom is 0.306 e. The van der Waals surface area contributed by atoms with Gasteiger partial charge in [0.05, 0.1) is 28.1 Å². The molecular weight excluding hydrogens is 459 g/mol. The van der Waals surface area contributed by atoms with Crippen molar-refractivity contribution in [1.82, 2.24) is 9.55 Å². The Balaban J connectivity index is 1.59. The SMILES string of the molecule is Cc1ccc(Cn2c(SCC(=O)Nc3ccc(F)c([N+](=O)[O-])c3)nc3ccccc3c2=O)cc1. The van der Waals surface area contributed by atoms with Crippen LogP contribution in [0.15, 0.2) is 76.7 Å². The number of carbonyl (C=O) groups is 1. The summed E-state index contributed by atoms with van der Waals surface area (Å²) < 4.78 is 15.1. The number of fused-ring (bicyclic) bond motifs is 1. The van der Waals surface area contributed by atoms with Crippen molar-refractivity contribution in [2.24, 2.45) is 0 Å². The molecule has 0 saturated carbocycles. The minimum atomic E-state index is -0.988. The van der Waals surface area contributed by atoms with Crippen molar-refractivity contribution in [1.29, 1.82) is 0 Å². The molecular formula is C24H19FN4O4S. The van der Waals surface area contributed by atoms with E-state index in [-0.39, 0.29) is 23.5 Å². The molecule has 0 radical (unpaired) electrons. The Hall–Kier alpha value is -4.05. The number of hydrogen-bond donors (Lipinski definition) is 1. The normalized spacial score (nSPS) is 10.9. The van der Waals surface area contributed by atoms with E-state index >= 15 is 0 Å². The molecule has 0 aliphatic carbocycles. The van der Waals surface area contributed by atoms with Gasteiger partial charge in [-0.3, -0.25) is 24.3 Å². The van der Waals surface area contributed by atoms with Crippen molar-refractivity contribution in [2.45, 2.75) is 18.6 Å². The van der Waals surface area contributed by atoms with Crippen LogP contribution in [0.3, 0.4) is 0 Å². The van der Waals surface area contributed by atoms with Crippen molar-refractivity contribution >= 4 is 39.9 Å². The van der Waals surface area contributed by atoms with Gasteiger partial charge < -0.3 is 5.32 Å². The minimum Gasteiger partial charge on any atom is -0.325 e. The summed E-state index contributed by atoms with van der Waals surface area (Å²) in [4.78, 5) is 40.3. The summed E-state index contributed by atoms with van der Waals surface area (Å²) >= 11 is 1.07. The molecule has 0 aliphatic heterocycles. The summed E-state index contributed by atoms with van der Waals surface area (Å²) in [7, 11) is 0. The van der Waals surface area contributed by atoms with Crippen LogP contribution < -0.4 is 10.9 Å². The van der Waals surface area contributed by atoms with Crippen LogP contribution in [0.2, 0.25) is 0 Å². The van der Waals surface area contributed by atoms with Crippen molar-refractivity contribution in [3.8, 4) is 0 Å². The third-order valence-electron chi connectivity index (χ3n) is 5.05. The molecule has 0 saturated heterocycles. The average molecular weight is 479 g/mol. The summed E-state index contributed by atoms with van der Waals surface area (Å²) in [5.41, 5.74) is 1.68. The standard InChI is InChI=1S/C24H19FN4O4S/c1-15-6-8-16(9-7-15)13-28-23(31)18-4-2-3-5-20(18)27-24(28)34-14-22(30)26-17-10-11-19(25)21(12-17)29(32)33/h2-12H,13-14H2,1H3,(H,26,30). The van der Waals surface area contributed by atoms with Crippen LogP contribution in [0.4, 0.5) is 15.8 Å². The quantitative estimate of drug-likeness (QED) is 0.181. The van der Waals surface area contributed by atoms with Gasteiger partial charge in [0.15, 0.2) is 5.16 Å². The molecule has 0 unspecified atom stereocenters. The van der Waals surface area contributed by atoms with Crippen LogP contribution >= 0.6 is 11.8 Å². The lowest BCUT2D eigenvalue weighted by Crippen LogP contribution is -2.25. The van der Waals surface area contributed by atoms with Crippen LogP contribution in [0.25, 0.3) is 10.9 Å². The van der Waals surface area contributed by atoms with E-state index in [1.54, 1.807) is 24.3 Å². The number of rotatable bonds is 7. The number of carbonyl (C=O) groups excluding carboxylic acids is 1. The summed E-state index contributed by atoms with van der Waals surface area (Å²) in [5, 5.41) is 14.3. The molecule has 8 nitrogen and oxygen atoms in total. The van der Waals surface area contributed by atoms with E-state index in [9.17, 15) is 24.1 Å². The van der Waals surface area contributed by atoms with Crippen LogP contribution in [0.5, 0.6) is 0 Å². The van der Waals surface area contributed by atoms with E-state index in [1.165, 1.54) is 10.6 Å². The first-order chi connectivity index (χ1) is 16.3. The van der Waals surface area contributed by atoms with Crippen LogP contribution in [-0.2, 0) is 11.3 Å². The molecule has 0 spiro atoms. The fraction of sp³-hybridized carbons (Fsp3) is 0.125. The number of para-hydroxylation sites is 1. The van der Waals surface area contributed by atoms with Gasteiger partial charge in [-0.2, -0.15) is 4.39 Å². The number of benzene rings is 3. The predicted molar refractivity (Wildman–Crippen MR) is 129 cm³/mol. The fourth-order valence-corrected chi connectivity index (χ4v) is 4.13. The molecule has 1 aromatic heterocycles. The smallest absolute Gasteiger partial charge is 0.306 e. The highest BCUT2D eigenvalue weighted by molar-refractivity contribution is 7.99. The Bertz CT molecular complexity index is 1450. The number of amides is 1. The molecule has 0 bridgehead atoms. The number of nitro benzene ring substituents is 1. The third kappa shape index (κ3) is 5.12. The Morgan fingerprint density at radius 2 is 1.88 bits per heavy atom. The zero-order chi connectivity index (χ0) is 24.2. The van der Waals surface area contributed by atoms with Crippen LogP contribution in [0, 0.1) is 22.9 Å². The van der Waals surface area contributed by atoms with Gasteiger partial charge in [0.25, 0.3) is 5.56 Å². The summed E-state index contributed by atoms with van der Waals surface area (Å²) in [6.07, 6.45) is 0. The van der Waals surface area contributed by atoms with Gasteiger partial charge in [-0.25, -0.2) is 4.98 Å². The largest absolute Gasteiger partial charge is 0.325 e. The Morgan fingerprint density at radius 1 is 1.15 bits per heavy atom. The summed E-state index contributed by atoms with van der Waals surface area (Å²) in [5.74, 6) is -1.57. The lowest BCUT2D eigenvalue weighted by atomic mass is 10.1. The lowest BCUT2D eigenvalue weighted by Gasteiger charge is -2.13. The van der Waals surface area contributed by atoms with Gasteiger partial charge in [0.2, 0.25) is 11.7 Å². The van der Waals surface area contributed by atoms with E-state index in [4.69, 9.17) is 0 Å². The molecule has 0 fully saturated rings. The number of anilines is 1. The number of aromatic nitrogens is 2. The molecule has 4 aromatic rings. The fourth-order valence-electron chi connectivity index (χ4n) is 3.33. The Kier molecular flexibility index (Phi) is 6.69. The number of nitro groups is 1. The first kappa shape index (κ1) is 23.1. The Labute approximate surface area is 197 Å². The molecule has 10 heteroatoms. The summed E-state index contributed by atoms with van der Waals surface area (Å²) in [6.45, 7) is 2.26. The van der Waals surface area contributed by atoms with E-state index in [0.29, 0.717) is 16.1 Å². The zero-order valence-corrected chi connectivity index (χ0v) is 18.8. The van der Waals surface area contributed by atoms with Crippen molar-refractivity contribution < 1.29 is 14.1 Å². The molecule has 0 atom stereocenters. The van der Waals surface area contributed by atoms with Gasteiger partial charge >= 0.3 is 5.69 Å². The van der Waals surface area contributed by atoms with Crippen molar-refractivity contribution in [2.75, 3.05) is 11.1 Å². The molecule has 0 aliphatic rings. The molecule has 1 amide bonds. The number of aryl methyl sites for hydroxylation is 1.